The van der Waals surface area contributed by atoms with Crippen LogP contribution in [0, 0.1) is 0 Å². The number of halogens is 1. The van der Waals surface area contributed by atoms with Crippen LogP contribution in [-0.2, 0) is 0 Å². The Kier molecular flexibility index (Phi) is 4.34. The molecule has 18 heavy (non-hydrogen) atoms. The first kappa shape index (κ1) is 13.1. The van der Waals surface area contributed by atoms with E-state index in [1.54, 1.807) is 11.8 Å². The molecule has 92 valence electrons. The van der Waals surface area contributed by atoms with E-state index in [1.807, 2.05) is 49.5 Å². The fraction of sp³-hybridized carbons (Fsp3) is 0.0667. The molecule has 0 saturated carbocycles. The second kappa shape index (κ2) is 5.98. The zero-order valence-electron chi connectivity index (χ0n) is 10.1. The number of benzene rings is 2. The molecule has 1 N–H and O–H groups in total. The van der Waals surface area contributed by atoms with Crippen LogP contribution in [0.15, 0.2) is 58.8 Å². The summed E-state index contributed by atoms with van der Waals surface area (Å²) < 4.78 is 0. The fourth-order valence-electron chi connectivity index (χ4n) is 1.69. The van der Waals surface area contributed by atoms with Crippen LogP contribution in [0.5, 0.6) is 0 Å². The van der Waals surface area contributed by atoms with E-state index in [9.17, 15) is 0 Å². The summed E-state index contributed by atoms with van der Waals surface area (Å²) in [5.74, 6) is 0. The summed E-state index contributed by atoms with van der Waals surface area (Å²) in [6.07, 6.45) is 1.88. The van der Waals surface area contributed by atoms with Gasteiger partial charge in [-0.15, -0.1) is 0 Å². The minimum atomic E-state index is 0.757. The van der Waals surface area contributed by atoms with Crippen molar-refractivity contribution in [3.05, 3.63) is 59.6 Å². The Morgan fingerprint density at radius 1 is 1.17 bits per heavy atom. The lowest BCUT2D eigenvalue weighted by atomic mass is 10.2. The average Bonchev–Trinajstić information content (AvgIpc) is 2.41. The van der Waals surface area contributed by atoms with Crippen molar-refractivity contribution in [2.24, 2.45) is 0 Å². The SMILES string of the molecule is C=Cc1c(NC)cccc1Sc1ccc(Cl)cc1. The largest absolute Gasteiger partial charge is 0.388 e. The van der Waals surface area contributed by atoms with Crippen LogP contribution in [0.4, 0.5) is 5.69 Å². The highest BCUT2D eigenvalue weighted by atomic mass is 35.5. The summed E-state index contributed by atoms with van der Waals surface area (Å²) in [7, 11) is 1.92. The van der Waals surface area contributed by atoms with Crippen molar-refractivity contribution in [2.45, 2.75) is 9.79 Å². The molecule has 2 aromatic rings. The fourth-order valence-corrected chi connectivity index (χ4v) is 2.79. The molecule has 0 radical (unpaired) electrons. The normalized spacial score (nSPS) is 10.1. The Morgan fingerprint density at radius 3 is 2.50 bits per heavy atom. The van der Waals surface area contributed by atoms with Crippen LogP contribution in [0.3, 0.4) is 0 Å². The molecule has 3 heteroatoms. The number of nitrogens with one attached hydrogen (secondary N) is 1. The molecule has 0 aliphatic heterocycles. The van der Waals surface area contributed by atoms with Crippen molar-refractivity contribution >= 4 is 35.1 Å². The smallest absolute Gasteiger partial charge is 0.0422 e. The van der Waals surface area contributed by atoms with Crippen LogP contribution in [0.1, 0.15) is 5.56 Å². The Morgan fingerprint density at radius 2 is 1.89 bits per heavy atom. The third kappa shape index (κ3) is 2.89. The van der Waals surface area contributed by atoms with Crippen molar-refractivity contribution in [3.8, 4) is 0 Å². The van der Waals surface area contributed by atoms with E-state index in [4.69, 9.17) is 11.6 Å². The van der Waals surface area contributed by atoms with Gasteiger partial charge < -0.3 is 5.32 Å². The predicted octanol–water partition coefficient (Wildman–Crippen LogP) is 5.18. The van der Waals surface area contributed by atoms with E-state index < -0.39 is 0 Å². The molecular weight excluding hydrogens is 262 g/mol. The topological polar surface area (TPSA) is 12.0 Å². The predicted molar refractivity (Wildman–Crippen MR) is 81.7 cm³/mol. The van der Waals surface area contributed by atoms with E-state index in [0.717, 1.165) is 21.2 Å². The quantitative estimate of drug-likeness (QED) is 0.825. The van der Waals surface area contributed by atoms with Gasteiger partial charge >= 0.3 is 0 Å². The molecule has 0 unspecified atom stereocenters. The van der Waals surface area contributed by atoms with Gasteiger partial charge in [0.1, 0.15) is 0 Å². The van der Waals surface area contributed by atoms with Gasteiger partial charge in [0.2, 0.25) is 0 Å². The average molecular weight is 276 g/mol. The Labute approximate surface area is 117 Å². The zero-order valence-corrected chi connectivity index (χ0v) is 11.7. The first-order chi connectivity index (χ1) is 8.74. The minimum Gasteiger partial charge on any atom is -0.388 e. The van der Waals surface area contributed by atoms with Gasteiger partial charge in [0, 0.05) is 33.1 Å². The molecule has 2 aromatic carbocycles. The molecule has 0 saturated heterocycles. The molecule has 0 bridgehead atoms. The second-order valence-corrected chi connectivity index (χ2v) is 5.28. The molecule has 0 aliphatic carbocycles. The lowest BCUT2D eigenvalue weighted by Gasteiger charge is -2.11. The van der Waals surface area contributed by atoms with Crippen LogP contribution in [0.25, 0.3) is 6.08 Å². The van der Waals surface area contributed by atoms with Gasteiger partial charge in [-0.2, -0.15) is 0 Å². The van der Waals surface area contributed by atoms with E-state index in [2.05, 4.69) is 18.0 Å². The molecule has 0 spiro atoms. The van der Waals surface area contributed by atoms with Crippen molar-refractivity contribution < 1.29 is 0 Å². The van der Waals surface area contributed by atoms with Crippen LogP contribution in [-0.4, -0.2) is 7.05 Å². The summed E-state index contributed by atoms with van der Waals surface area (Å²) in [6, 6.07) is 14.0. The van der Waals surface area contributed by atoms with E-state index in [0.29, 0.717) is 0 Å². The highest BCUT2D eigenvalue weighted by molar-refractivity contribution is 7.99. The molecule has 0 aliphatic rings. The lowest BCUT2D eigenvalue weighted by molar-refractivity contribution is 1.36. The summed E-state index contributed by atoms with van der Waals surface area (Å²) in [4.78, 5) is 2.34. The second-order valence-electron chi connectivity index (χ2n) is 3.73. The maximum atomic E-state index is 5.89. The number of hydrogen-bond acceptors (Lipinski definition) is 2. The van der Waals surface area contributed by atoms with Gasteiger partial charge in [0.15, 0.2) is 0 Å². The Bertz CT molecular complexity index is 549. The van der Waals surface area contributed by atoms with Gasteiger partial charge in [0.25, 0.3) is 0 Å². The summed E-state index contributed by atoms with van der Waals surface area (Å²) in [5.41, 5.74) is 2.21. The van der Waals surface area contributed by atoms with Gasteiger partial charge in [-0.1, -0.05) is 42.1 Å². The molecule has 2 rings (SSSR count). The van der Waals surface area contributed by atoms with E-state index in [1.165, 1.54) is 4.90 Å². The van der Waals surface area contributed by atoms with Crippen LogP contribution in [0.2, 0.25) is 5.02 Å². The molecule has 0 heterocycles. The summed E-state index contributed by atoms with van der Waals surface area (Å²) in [6.45, 7) is 3.88. The number of hydrogen-bond donors (Lipinski definition) is 1. The van der Waals surface area contributed by atoms with Crippen molar-refractivity contribution in [2.75, 3.05) is 12.4 Å². The van der Waals surface area contributed by atoms with Crippen molar-refractivity contribution in [3.63, 3.8) is 0 Å². The maximum Gasteiger partial charge on any atom is 0.0422 e. The maximum absolute atomic E-state index is 5.89. The standard InChI is InChI=1S/C15H14ClNS/c1-3-13-14(17-2)5-4-6-15(13)18-12-9-7-11(16)8-10-12/h3-10,17H,1H2,2H3. The Balaban J connectivity index is 2.34. The first-order valence-corrected chi connectivity index (χ1v) is 6.80. The molecule has 0 amide bonds. The van der Waals surface area contributed by atoms with Gasteiger partial charge in [-0.05, 0) is 36.4 Å². The molecule has 0 fully saturated rings. The lowest BCUT2D eigenvalue weighted by Crippen LogP contribution is -1.92. The van der Waals surface area contributed by atoms with Gasteiger partial charge in [-0.25, -0.2) is 0 Å². The molecule has 1 nitrogen and oxygen atoms in total. The van der Waals surface area contributed by atoms with Gasteiger partial charge in [-0.3, -0.25) is 0 Å². The third-order valence-electron chi connectivity index (χ3n) is 2.58. The first-order valence-electron chi connectivity index (χ1n) is 5.61. The summed E-state index contributed by atoms with van der Waals surface area (Å²) >= 11 is 7.59. The molecule has 0 aromatic heterocycles. The van der Waals surface area contributed by atoms with Crippen LogP contribution >= 0.6 is 23.4 Å². The van der Waals surface area contributed by atoms with Crippen LogP contribution < -0.4 is 5.32 Å². The monoisotopic (exact) mass is 275 g/mol. The van der Waals surface area contributed by atoms with Crippen molar-refractivity contribution in [1.82, 2.24) is 0 Å². The highest BCUT2D eigenvalue weighted by Crippen LogP contribution is 2.34. The van der Waals surface area contributed by atoms with Crippen molar-refractivity contribution in [1.29, 1.82) is 0 Å². The number of rotatable bonds is 4. The minimum absolute atomic E-state index is 0.757. The number of anilines is 1. The molecule has 0 atom stereocenters. The Hall–Kier alpha value is -1.38. The zero-order chi connectivity index (χ0) is 13.0. The van der Waals surface area contributed by atoms with E-state index >= 15 is 0 Å². The molecular formula is C15H14ClNS. The van der Waals surface area contributed by atoms with Gasteiger partial charge in [0.05, 0.1) is 0 Å². The third-order valence-corrected chi connectivity index (χ3v) is 3.92. The van der Waals surface area contributed by atoms with E-state index in [-0.39, 0.29) is 0 Å². The highest BCUT2D eigenvalue weighted by Gasteiger charge is 2.05. The summed E-state index contributed by atoms with van der Waals surface area (Å²) in [5, 5.41) is 3.93.